The molecule has 0 saturated carbocycles. The van der Waals surface area contributed by atoms with Gasteiger partial charge in [0.25, 0.3) is 17.7 Å². The van der Waals surface area contributed by atoms with E-state index < -0.39 is 18.0 Å². The second kappa shape index (κ2) is 10.9. The fraction of sp³-hybridized carbons (Fsp3) is 0.320. The molecule has 4 amide bonds. The highest BCUT2D eigenvalue weighted by Gasteiger charge is 2.38. The third kappa shape index (κ3) is 5.56. The van der Waals surface area contributed by atoms with Gasteiger partial charge in [-0.2, -0.15) is 0 Å². The Hall–Kier alpha value is -3.73. The van der Waals surface area contributed by atoms with Gasteiger partial charge in [0.15, 0.2) is 0 Å². The van der Waals surface area contributed by atoms with Gasteiger partial charge in [-0.15, -0.1) is 0 Å². The average Bonchev–Trinajstić information content (AvgIpc) is 3.09. The van der Waals surface area contributed by atoms with Gasteiger partial charge in [-0.25, -0.2) is 4.79 Å². The highest BCUT2D eigenvalue weighted by atomic mass is 79.9. The van der Waals surface area contributed by atoms with E-state index in [2.05, 4.69) is 21.2 Å². The van der Waals surface area contributed by atoms with Gasteiger partial charge in [0.05, 0.1) is 17.7 Å². The van der Waals surface area contributed by atoms with Crippen LogP contribution in [-0.2, 0) is 9.53 Å². The maximum atomic E-state index is 12.8. The molecule has 2 aromatic carbocycles. The number of hydrogen-bond acceptors (Lipinski definition) is 7. The maximum absolute atomic E-state index is 12.8. The zero-order valence-corrected chi connectivity index (χ0v) is 21.1. The third-order valence-corrected chi connectivity index (χ3v) is 6.48. The Morgan fingerprint density at radius 3 is 2.33 bits per heavy atom. The second-order valence-corrected chi connectivity index (χ2v) is 9.24. The van der Waals surface area contributed by atoms with Crippen molar-refractivity contribution in [2.24, 2.45) is 0 Å². The van der Waals surface area contributed by atoms with Gasteiger partial charge in [-0.05, 0) is 62.2 Å². The number of piperidine rings is 1. The summed E-state index contributed by atoms with van der Waals surface area (Å²) >= 11 is 3.29. The molecule has 0 atom stereocenters. The van der Waals surface area contributed by atoms with Crippen LogP contribution in [0.2, 0.25) is 0 Å². The highest BCUT2D eigenvalue weighted by molar-refractivity contribution is 9.10. The van der Waals surface area contributed by atoms with E-state index >= 15 is 0 Å². The molecule has 0 unspecified atom stereocenters. The van der Waals surface area contributed by atoms with Crippen LogP contribution in [-0.4, -0.2) is 71.9 Å². The molecule has 0 aromatic heterocycles. The molecule has 2 aliphatic heterocycles. The lowest BCUT2D eigenvalue weighted by molar-refractivity contribution is -0.132. The van der Waals surface area contributed by atoms with Crippen LogP contribution >= 0.6 is 15.9 Å². The summed E-state index contributed by atoms with van der Waals surface area (Å²) < 4.78 is 10.4. The van der Waals surface area contributed by atoms with Crippen molar-refractivity contribution in [3.8, 4) is 5.75 Å². The van der Waals surface area contributed by atoms with E-state index in [4.69, 9.17) is 9.47 Å². The first-order valence-corrected chi connectivity index (χ1v) is 12.2. The predicted molar refractivity (Wildman–Crippen MR) is 131 cm³/mol. The molecule has 36 heavy (non-hydrogen) atoms. The first kappa shape index (κ1) is 25.4. The van der Waals surface area contributed by atoms with Crippen LogP contribution in [0.15, 0.2) is 46.9 Å². The van der Waals surface area contributed by atoms with Crippen LogP contribution in [0.1, 0.15) is 50.8 Å². The minimum Gasteiger partial charge on any atom is -0.434 e. The molecule has 0 aliphatic carbocycles. The summed E-state index contributed by atoms with van der Waals surface area (Å²) in [5.74, 6) is -1.28. The van der Waals surface area contributed by atoms with Crippen molar-refractivity contribution in [1.82, 2.24) is 15.1 Å². The number of carbonyl (C=O) groups is 5. The topological polar surface area (TPSA) is 122 Å². The molecule has 0 radical (unpaired) electrons. The Morgan fingerprint density at radius 1 is 1.00 bits per heavy atom. The summed E-state index contributed by atoms with van der Waals surface area (Å²) in [6.45, 7) is 2.34. The van der Waals surface area contributed by atoms with Crippen LogP contribution in [0.5, 0.6) is 5.75 Å². The number of nitrogens with zero attached hydrogens (tertiary/aromatic N) is 2. The number of likely N-dealkylation sites (tertiary alicyclic amines) is 1. The van der Waals surface area contributed by atoms with Crippen molar-refractivity contribution in [1.29, 1.82) is 0 Å². The summed E-state index contributed by atoms with van der Waals surface area (Å²) in [4.78, 5) is 64.6. The molecule has 2 aromatic rings. The molecular formula is C25H24BrN3O7. The molecule has 4 rings (SSSR count). The quantitative estimate of drug-likeness (QED) is 0.329. The Kier molecular flexibility index (Phi) is 7.68. The molecule has 0 bridgehead atoms. The number of carbonyl (C=O) groups excluding carboxylic acids is 5. The van der Waals surface area contributed by atoms with Crippen LogP contribution in [0.3, 0.4) is 0 Å². The molecule has 2 aliphatic rings. The standard InChI is InChI=1S/C25H24BrN3O7/c1-2-35-25(34)36-18-6-3-15(4-7-18)22(31)27-17-9-11-28(12-10-17)21(30)14-29-23(32)19-8-5-16(26)13-20(19)24(29)33/h3-8,13,17H,2,9-12,14H2,1H3,(H,27,31). The number of fused-ring (bicyclic) bond motifs is 1. The first-order chi connectivity index (χ1) is 17.3. The Morgan fingerprint density at radius 2 is 1.67 bits per heavy atom. The van der Waals surface area contributed by atoms with E-state index in [1.807, 2.05) is 0 Å². The van der Waals surface area contributed by atoms with Crippen molar-refractivity contribution in [3.63, 3.8) is 0 Å². The van der Waals surface area contributed by atoms with Crippen molar-refractivity contribution in [3.05, 3.63) is 63.6 Å². The van der Waals surface area contributed by atoms with Gasteiger partial charge in [0.2, 0.25) is 5.91 Å². The van der Waals surface area contributed by atoms with E-state index in [0.717, 1.165) is 4.90 Å². The summed E-state index contributed by atoms with van der Waals surface area (Å²) in [6, 6.07) is 10.8. The van der Waals surface area contributed by atoms with E-state index in [0.29, 0.717) is 36.0 Å². The van der Waals surface area contributed by atoms with Gasteiger partial charge >= 0.3 is 6.16 Å². The normalized spacial score (nSPS) is 15.5. The Labute approximate surface area is 215 Å². The number of hydrogen-bond donors (Lipinski definition) is 1. The van der Waals surface area contributed by atoms with E-state index in [9.17, 15) is 24.0 Å². The summed E-state index contributed by atoms with van der Waals surface area (Å²) in [5.41, 5.74) is 0.976. The number of rotatable bonds is 6. The Bertz CT molecular complexity index is 1210. The Balaban J connectivity index is 1.26. The molecule has 1 fully saturated rings. The van der Waals surface area contributed by atoms with Crippen molar-refractivity contribution >= 4 is 45.7 Å². The minimum atomic E-state index is -0.813. The lowest BCUT2D eigenvalue weighted by Crippen LogP contribution is -2.49. The molecule has 10 nitrogen and oxygen atoms in total. The number of halogens is 1. The fourth-order valence-corrected chi connectivity index (χ4v) is 4.46. The van der Waals surface area contributed by atoms with Crippen molar-refractivity contribution in [2.75, 3.05) is 26.2 Å². The number of amides is 4. The van der Waals surface area contributed by atoms with Gasteiger partial charge in [-0.1, -0.05) is 15.9 Å². The molecular weight excluding hydrogens is 534 g/mol. The third-order valence-electron chi connectivity index (χ3n) is 5.99. The zero-order valence-electron chi connectivity index (χ0n) is 19.5. The molecule has 11 heteroatoms. The number of nitrogens with one attached hydrogen (secondary N) is 1. The van der Waals surface area contributed by atoms with E-state index in [-0.39, 0.29) is 47.9 Å². The summed E-state index contributed by atoms with van der Waals surface area (Å²) in [5, 5.41) is 2.95. The number of ether oxygens (including phenoxy) is 2. The molecule has 1 N–H and O–H groups in total. The van der Waals surface area contributed by atoms with Gasteiger partial charge in [-0.3, -0.25) is 24.1 Å². The predicted octanol–water partition coefficient (Wildman–Crippen LogP) is 3.00. The van der Waals surface area contributed by atoms with Gasteiger partial charge in [0.1, 0.15) is 12.3 Å². The van der Waals surface area contributed by atoms with Crippen LogP contribution in [0.4, 0.5) is 4.79 Å². The average molecular weight is 558 g/mol. The van der Waals surface area contributed by atoms with Crippen molar-refractivity contribution < 1.29 is 33.4 Å². The summed E-state index contributed by atoms with van der Waals surface area (Å²) in [7, 11) is 0. The molecule has 0 spiro atoms. The van der Waals surface area contributed by atoms with Gasteiger partial charge in [0, 0.05) is 29.2 Å². The van der Waals surface area contributed by atoms with E-state index in [1.54, 1.807) is 42.2 Å². The highest BCUT2D eigenvalue weighted by Crippen LogP contribution is 2.26. The number of imide groups is 1. The fourth-order valence-electron chi connectivity index (χ4n) is 4.10. The smallest absolute Gasteiger partial charge is 0.434 e. The molecule has 1 saturated heterocycles. The first-order valence-electron chi connectivity index (χ1n) is 11.5. The van der Waals surface area contributed by atoms with Crippen LogP contribution < -0.4 is 10.1 Å². The van der Waals surface area contributed by atoms with Crippen molar-refractivity contribution in [2.45, 2.75) is 25.8 Å². The lowest BCUT2D eigenvalue weighted by Gasteiger charge is -2.33. The molecule has 188 valence electrons. The molecule has 2 heterocycles. The zero-order chi connectivity index (χ0) is 25.8. The minimum absolute atomic E-state index is 0.131. The lowest BCUT2D eigenvalue weighted by atomic mass is 10.0. The van der Waals surface area contributed by atoms with Crippen LogP contribution in [0.25, 0.3) is 0 Å². The van der Waals surface area contributed by atoms with Crippen LogP contribution in [0, 0.1) is 0 Å². The second-order valence-electron chi connectivity index (χ2n) is 8.32. The number of benzene rings is 2. The van der Waals surface area contributed by atoms with Gasteiger partial charge < -0.3 is 19.7 Å². The monoisotopic (exact) mass is 557 g/mol. The summed E-state index contributed by atoms with van der Waals surface area (Å²) in [6.07, 6.45) is 0.264. The maximum Gasteiger partial charge on any atom is 0.513 e. The van der Waals surface area contributed by atoms with E-state index in [1.165, 1.54) is 12.1 Å². The SMILES string of the molecule is CCOC(=O)Oc1ccc(C(=O)NC2CCN(C(=O)CN3C(=O)c4ccc(Br)cc4C3=O)CC2)cc1. The largest absolute Gasteiger partial charge is 0.513 e.